The lowest BCUT2D eigenvalue weighted by atomic mass is 10.1. The maximum Gasteiger partial charge on any atom is 0.287 e. The lowest BCUT2D eigenvalue weighted by Gasteiger charge is -2.13. The first-order valence-electron chi connectivity index (χ1n) is 10.1. The molecule has 4 rings (SSSR count). The van der Waals surface area contributed by atoms with E-state index in [9.17, 15) is 4.79 Å². The monoisotopic (exact) mass is 407 g/mol. The summed E-state index contributed by atoms with van der Waals surface area (Å²) < 4.78 is 22.9. The van der Waals surface area contributed by atoms with Gasteiger partial charge in [-0.15, -0.1) is 0 Å². The molecule has 1 aliphatic rings. The number of carbonyl (C=O) groups is 1. The number of amides is 1. The molecular weight excluding hydrogens is 382 g/mol. The molecule has 2 heterocycles. The number of furan rings is 1. The van der Waals surface area contributed by atoms with E-state index in [2.05, 4.69) is 5.32 Å². The average Bonchev–Trinajstić information content (AvgIpc) is 3.37. The third-order valence-electron chi connectivity index (χ3n) is 4.83. The van der Waals surface area contributed by atoms with E-state index in [-0.39, 0.29) is 24.4 Å². The van der Waals surface area contributed by atoms with Crippen molar-refractivity contribution >= 4 is 5.91 Å². The highest BCUT2D eigenvalue weighted by Crippen LogP contribution is 2.35. The fourth-order valence-electron chi connectivity index (χ4n) is 3.42. The molecule has 6 heteroatoms. The quantitative estimate of drug-likeness (QED) is 0.595. The predicted octanol–water partition coefficient (Wildman–Crippen LogP) is 4.51. The number of ether oxygens (including phenoxy) is 3. The molecule has 0 aliphatic carbocycles. The molecule has 0 radical (unpaired) electrons. The zero-order valence-electron chi connectivity index (χ0n) is 17.1. The molecule has 6 nitrogen and oxygen atoms in total. The molecule has 0 fully saturated rings. The molecule has 1 aromatic heterocycles. The maximum absolute atomic E-state index is 12.5. The van der Waals surface area contributed by atoms with Crippen molar-refractivity contribution in [2.45, 2.75) is 39.5 Å². The van der Waals surface area contributed by atoms with Crippen molar-refractivity contribution in [1.29, 1.82) is 0 Å². The van der Waals surface area contributed by atoms with Gasteiger partial charge in [0, 0.05) is 24.1 Å². The van der Waals surface area contributed by atoms with E-state index < -0.39 is 0 Å². The number of rotatable bonds is 8. The van der Waals surface area contributed by atoms with Gasteiger partial charge in [0.15, 0.2) is 5.76 Å². The zero-order valence-corrected chi connectivity index (χ0v) is 17.1. The molecule has 1 amide bonds. The van der Waals surface area contributed by atoms with E-state index in [4.69, 9.17) is 18.6 Å². The number of para-hydroxylation sites is 1. The molecule has 0 unspecified atom stereocenters. The number of fused-ring (bicyclic) bond motifs is 1. The second kappa shape index (κ2) is 8.95. The fourth-order valence-corrected chi connectivity index (χ4v) is 3.42. The van der Waals surface area contributed by atoms with Crippen molar-refractivity contribution in [2.24, 2.45) is 0 Å². The smallest absolute Gasteiger partial charge is 0.287 e. The van der Waals surface area contributed by atoms with Crippen molar-refractivity contribution in [3.8, 4) is 17.2 Å². The van der Waals surface area contributed by atoms with Crippen LogP contribution in [0.2, 0.25) is 0 Å². The molecule has 1 aliphatic heterocycles. The number of benzene rings is 2. The summed E-state index contributed by atoms with van der Waals surface area (Å²) in [6, 6.07) is 16.8. The first-order chi connectivity index (χ1) is 14.6. The summed E-state index contributed by atoms with van der Waals surface area (Å²) in [6.45, 7) is 5.11. The Balaban J connectivity index is 1.38. The van der Waals surface area contributed by atoms with E-state index in [0.29, 0.717) is 18.9 Å². The van der Waals surface area contributed by atoms with E-state index in [0.717, 1.165) is 34.8 Å². The van der Waals surface area contributed by atoms with Crippen LogP contribution in [-0.4, -0.2) is 18.6 Å². The minimum atomic E-state index is -0.293. The molecule has 1 N–H and O–H groups in total. The Labute approximate surface area is 175 Å². The Morgan fingerprint density at radius 1 is 1.13 bits per heavy atom. The van der Waals surface area contributed by atoms with E-state index in [1.54, 1.807) is 12.1 Å². The van der Waals surface area contributed by atoms with Gasteiger partial charge in [-0.2, -0.15) is 0 Å². The second-order valence-electron chi connectivity index (χ2n) is 7.18. The van der Waals surface area contributed by atoms with Gasteiger partial charge in [0.05, 0.1) is 6.61 Å². The molecule has 0 spiro atoms. The molecule has 30 heavy (non-hydrogen) atoms. The van der Waals surface area contributed by atoms with Crippen LogP contribution in [-0.2, 0) is 19.6 Å². The van der Waals surface area contributed by atoms with Crippen LogP contribution < -0.4 is 19.5 Å². The van der Waals surface area contributed by atoms with Gasteiger partial charge in [-0.1, -0.05) is 18.2 Å². The molecule has 0 bridgehead atoms. The standard InChI is InChI=1S/C24H25NO5/c1-3-27-22-12-17-11-16(2)29-23(17)13-18(22)14-25-24(26)21-10-9-20(30-21)15-28-19-7-5-4-6-8-19/h4-10,12-13,16H,3,11,14-15H2,1-2H3,(H,25,26)/t16-/m0/s1. The van der Waals surface area contributed by atoms with Gasteiger partial charge in [-0.05, 0) is 50.2 Å². The first kappa shape index (κ1) is 19.9. The molecule has 156 valence electrons. The molecular formula is C24H25NO5. The summed E-state index contributed by atoms with van der Waals surface area (Å²) >= 11 is 0. The Morgan fingerprint density at radius 2 is 1.97 bits per heavy atom. The molecule has 0 saturated heterocycles. The summed E-state index contributed by atoms with van der Waals surface area (Å²) in [4.78, 5) is 12.5. The fraction of sp³-hybridized carbons (Fsp3) is 0.292. The van der Waals surface area contributed by atoms with E-state index in [1.165, 1.54) is 0 Å². The van der Waals surface area contributed by atoms with Gasteiger partial charge in [0.25, 0.3) is 5.91 Å². The first-order valence-corrected chi connectivity index (χ1v) is 10.1. The summed E-state index contributed by atoms with van der Waals surface area (Å²) in [6.07, 6.45) is 1.02. The highest BCUT2D eigenvalue weighted by molar-refractivity contribution is 5.91. The van der Waals surface area contributed by atoms with Gasteiger partial charge >= 0.3 is 0 Å². The van der Waals surface area contributed by atoms with Crippen LogP contribution in [0.15, 0.2) is 59.0 Å². The Morgan fingerprint density at radius 3 is 2.77 bits per heavy atom. The number of hydrogen-bond acceptors (Lipinski definition) is 5. The lowest BCUT2D eigenvalue weighted by molar-refractivity contribution is 0.0918. The average molecular weight is 407 g/mol. The lowest BCUT2D eigenvalue weighted by Crippen LogP contribution is -2.22. The normalized spacial score (nSPS) is 14.7. The molecule has 1 atom stereocenters. The summed E-state index contributed by atoms with van der Waals surface area (Å²) in [5, 5.41) is 2.89. The SMILES string of the molecule is CCOc1cc2c(cc1CNC(=O)c1ccc(COc3ccccc3)o1)O[C@@H](C)C2. The minimum absolute atomic E-state index is 0.152. The van der Waals surface area contributed by atoms with Crippen molar-refractivity contribution < 1.29 is 23.4 Å². The summed E-state index contributed by atoms with van der Waals surface area (Å²) in [7, 11) is 0. The van der Waals surface area contributed by atoms with Crippen LogP contribution in [0, 0.1) is 0 Å². The predicted molar refractivity (Wildman–Crippen MR) is 112 cm³/mol. The van der Waals surface area contributed by atoms with E-state index >= 15 is 0 Å². The third-order valence-corrected chi connectivity index (χ3v) is 4.83. The van der Waals surface area contributed by atoms with Gasteiger partial charge in [0.2, 0.25) is 0 Å². The van der Waals surface area contributed by atoms with Crippen molar-refractivity contribution in [3.63, 3.8) is 0 Å². The maximum atomic E-state index is 12.5. The third kappa shape index (κ3) is 4.59. The number of hydrogen-bond donors (Lipinski definition) is 1. The Hall–Kier alpha value is -3.41. The van der Waals surface area contributed by atoms with E-state index in [1.807, 2.05) is 56.3 Å². The van der Waals surface area contributed by atoms with Crippen LogP contribution in [0.4, 0.5) is 0 Å². The Kier molecular flexibility index (Phi) is 5.93. The summed E-state index contributed by atoms with van der Waals surface area (Å²) in [5.41, 5.74) is 2.01. The van der Waals surface area contributed by atoms with Gasteiger partial charge < -0.3 is 23.9 Å². The Bertz CT molecular complexity index is 1010. The van der Waals surface area contributed by atoms with Crippen molar-refractivity contribution in [3.05, 3.63) is 77.2 Å². The van der Waals surface area contributed by atoms with Gasteiger partial charge in [-0.25, -0.2) is 0 Å². The topological polar surface area (TPSA) is 69.9 Å². The van der Waals surface area contributed by atoms with Crippen LogP contribution in [0.5, 0.6) is 17.2 Å². The molecule has 2 aromatic carbocycles. The molecule has 3 aromatic rings. The minimum Gasteiger partial charge on any atom is -0.494 e. The number of nitrogens with one attached hydrogen (secondary N) is 1. The van der Waals surface area contributed by atoms with Crippen molar-refractivity contribution in [2.75, 3.05) is 6.61 Å². The zero-order chi connectivity index (χ0) is 20.9. The van der Waals surface area contributed by atoms with Crippen LogP contribution in [0.3, 0.4) is 0 Å². The molecule has 0 saturated carbocycles. The summed E-state index contributed by atoms with van der Waals surface area (Å²) in [5.74, 6) is 2.90. The highest BCUT2D eigenvalue weighted by Gasteiger charge is 2.22. The second-order valence-corrected chi connectivity index (χ2v) is 7.18. The van der Waals surface area contributed by atoms with Crippen LogP contribution >= 0.6 is 0 Å². The number of carbonyl (C=O) groups excluding carboxylic acids is 1. The largest absolute Gasteiger partial charge is 0.494 e. The van der Waals surface area contributed by atoms with Crippen LogP contribution in [0.1, 0.15) is 41.3 Å². The van der Waals surface area contributed by atoms with Gasteiger partial charge in [0.1, 0.15) is 35.7 Å². The van der Waals surface area contributed by atoms with Gasteiger partial charge in [-0.3, -0.25) is 4.79 Å². The van der Waals surface area contributed by atoms with Crippen LogP contribution in [0.25, 0.3) is 0 Å². The van der Waals surface area contributed by atoms with Crippen molar-refractivity contribution in [1.82, 2.24) is 5.32 Å². The highest BCUT2D eigenvalue weighted by atomic mass is 16.5.